The number of nitrogens with zero attached hydrogens (tertiary/aromatic N) is 3. The van der Waals surface area contributed by atoms with E-state index in [1.807, 2.05) is 7.05 Å². The van der Waals surface area contributed by atoms with Crippen molar-refractivity contribution in [2.75, 3.05) is 53.0 Å². The van der Waals surface area contributed by atoms with Gasteiger partial charge in [-0.2, -0.15) is 0 Å². The van der Waals surface area contributed by atoms with Crippen LogP contribution in [0, 0.1) is 5.92 Å². The number of likely N-dealkylation sites (tertiary alicyclic amines) is 1. The van der Waals surface area contributed by atoms with Gasteiger partial charge in [0.05, 0.1) is 13.2 Å². The van der Waals surface area contributed by atoms with E-state index in [2.05, 4.69) is 46.2 Å². The largest absolute Gasteiger partial charge is 0.379 e. The first-order valence-corrected chi connectivity index (χ1v) is 11.1. The second-order valence-corrected chi connectivity index (χ2v) is 9.09. The van der Waals surface area contributed by atoms with Gasteiger partial charge in [0.25, 0.3) is 0 Å². The first kappa shape index (κ1) is 20.9. The molecule has 2 aliphatic heterocycles. The molecular weight excluding hydrogens is 338 g/mol. The van der Waals surface area contributed by atoms with E-state index < -0.39 is 0 Å². The van der Waals surface area contributed by atoms with Crippen LogP contribution in [-0.2, 0) is 4.74 Å². The molecule has 2 saturated heterocycles. The highest BCUT2D eigenvalue weighted by Crippen LogP contribution is 2.33. The number of guanidine groups is 1. The summed E-state index contributed by atoms with van der Waals surface area (Å²) in [6, 6.07) is 1.09. The number of aliphatic imine (C=N–C) groups is 1. The molecule has 2 atom stereocenters. The van der Waals surface area contributed by atoms with E-state index >= 15 is 0 Å². The molecule has 3 aliphatic rings. The average molecular weight is 380 g/mol. The van der Waals surface area contributed by atoms with Gasteiger partial charge in [0.1, 0.15) is 0 Å². The van der Waals surface area contributed by atoms with Crippen molar-refractivity contribution < 1.29 is 4.74 Å². The van der Waals surface area contributed by atoms with Crippen LogP contribution >= 0.6 is 0 Å². The highest BCUT2D eigenvalue weighted by atomic mass is 16.5. The lowest BCUT2D eigenvalue weighted by Gasteiger charge is -2.48. The Balaban J connectivity index is 1.58. The Bertz CT molecular complexity index is 483. The van der Waals surface area contributed by atoms with E-state index in [1.165, 1.54) is 38.6 Å². The summed E-state index contributed by atoms with van der Waals surface area (Å²) in [4.78, 5) is 9.80. The summed E-state index contributed by atoms with van der Waals surface area (Å²) in [6.45, 7) is 14.1. The number of ether oxygens (including phenoxy) is 1. The molecule has 6 heteroatoms. The first-order valence-electron chi connectivity index (χ1n) is 11.1. The molecule has 0 bridgehead atoms. The molecule has 0 aromatic rings. The third-order valence-electron chi connectivity index (χ3n) is 6.97. The predicted octanol–water partition coefficient (Wildman–Crippen LogP) is 1.92. The van der Waals surface area contributed by atoms with Crippen LogP contribution in [0.2, 0.25) is 0 Å². The van der Waals surface area contributed by atoms with Crippen LogP contribution in [0.5, 0.6) is 0 Å². The van der Waals surface area contributed by atoms with E-state index in [0.29, 0.717) is 18.0 Å². The number of hydrogen-bond donors (Lipinski definition) is 2. The molecular formula is C21H41N5O. The Morgan fingerprint density at radius 1 is 1.15 bits per heavy atom. The minimum Gasteiger partial charge on any atom is -0.379 e. The van der Waals surface area contributed by atoms with Crippen LogP contribution in [0.25, 0.3) is 0 Å². The van der Waals surface area contributed by atoms with Gasteiger partial charge < -0.3 is 15.4 Å². The van der Waals surface area contributed by atoms with Gasteiger partial charge in [0.2, 0.25) is 0 Å². The monoisotopic (exact) mass is 379 g/mol. The fourth-order valence-corrected chi connectivity index (χ4v) is 5.08. The lowest BCUT2D eigenvalue weighted by Crippen LogP contribution is -2.61. The van der Waals surface area contributed by atoms with Gasteiger partial charge in [-0.05, 0) is 32.6 Å². The fraction of sp³-hybridized carbons (Fsp3) is 0.952. The minimum atomic E-state index is 0.269. The second kappa shape index (κ2) is 9.57. The summed E-state index contributed by atoms with van der Waals surface area (Å²) in [5.74, 6) is 1.62. The van der Waals surface area contributed by atoms with E-state index in [0.717, 1.165) is 45.4 Å². The maximum absolute atomic E-state index is 5.61. The summed E-state index contributed by atoms with van der Waals surface area (Å²) >= 11 is 0. The molecule has 2 unspecified atom stereocenters. The van der Waals surface area contributed by atoms with Crippen LogP contribution < -0.4 is 10.6 Å². The molecule has 156 valence electrons. The maximum Gasteiger partial charge on any atom is 0.191 e. The van der Waals surface area contributed by atoms with Gasteiger partial charge in [0, 0.05) is 57.4 Å². The van der Waals surface area contributed by atoms with Gasteiger partial charge >= 0.3 is 0 Å². The molecule has 0 amide bonds. The number of morpholine rings is 1. The lowest BCUT2D eigenvalue weighted by atomic mass is 9.80. The zero-order chi connectivity index (χ0) is 19.3. The molecule has 0 aromatic heterocycles. The molecule has 0 radical (unpaired) electrons. The molecule has 3 fully saturated rings. The molecule has 1 saturated carbocycles. The van der Waals surface area contributed by atoms with E-state index in [4.69, 9.17) is 4.74 Å². The van der Waals surface area contributed by atoms with Crippen molar-refractivity contribution in [3.8, 4) is 0 Å². The molecule has 2 N–H and O–H groups in total. The van der Waals surface area contributed by atoms with Crippen molar-refractivity contribution in [1.29, 1.82) is 0 Å². The first-order chi connectivity index (χ1) is 13.0. The smallest absolute Gasteiger partial charge is 0.191 e. The lowest BCUT2D eigenvalue weighted by molar-refractivity contribution is -0.0352. The summed E-state index contributed by atoms with van der Waals surface area (Å²) < 4.78 is 5.61. The van der Waals surface area contributed by atoms with Gasteiger partial charge in [-0.1, -0.05) is 26.2 Å². The molecule has 6 nitrogen and oxygen atoms in total. The second-order valence-electron chi connectivity index (χ2n) is 9.09. The zero-order valence-corrected chi connectivity index (χ0v) is 18.0. The summed E-state index contributed by atoms with van der Waals surface area (Å²) in [6.07, 6.45) is 6.64. The van der Waals surface area contributed by atoms with Crippen molar-refractivity contribution in [3.63, 3.8) is 0 Å². The Hall–Kier alpha value is -0.850. The van der Waals surface area contributed by atoms with Gasteiger partial charge in [-0.15, -0.1) is 0 Å². The highest BCUT2D eigenvalue weighted by Gasteiger charge is 2.39. The molecule has 27 heavy (non-hydrogen) atoms. The van der Waals surface area contributed by atoms with Gasteiger partial charge in [0.15, 0.2) is 5.96 Å². The topological polar surface area (TPSA) is 52.1 Å². The van der Waals surface area contributed by atoms with E-state index in [-0.39, 0.29) is 5.54 Å². The van der Waals surface area contributed by atoms with E-state index in [1.54, 1.807) is 0 Å². The molecule has 2 heterocycles. The van der Waals surface area contributed by atoms with Crippen molar-refractivity contribution in [2.45, 2.75) is 70.5 Å². The molecule has 0 spiro atoms. The summed E-state index contributed by atoms with van der Waals surface area (Å²) in [5, 5.41) is 7.42. The van der Waals surface area contributed by atoms with E-state index in [9.17, 15) is 0 Å². The Kier molecular flexibility index (Phi) is 7.40. The maximum atomic E-state index is 5.61. The average Bonchev–Trinajstić information content (AvgIpc) is 3.07. The van der Waals surface area contributed by atoms with Crippen LogP contribution in [0.1, 0.15) is 52.9 Å². The van der Waals surface area contributed by atoms with Crippen molar-refractivity contribution in [1.82, 2.24) is 20.4 Å². The number of nitrogens with one attached hydrogen (secondary N) is 2. The highest BCUT2D eigenvalue weighted by molar-refractivity contribution is 5.80. The quantitative estimate of drug-likeness (QED) is 0.565. The SMILES string of the molecule is CN=C(NCC1(N2CCOCC2)CCCCC1)NC1CN(C(C)C)CC1C. The predicted molar refractivity (Wildman–Crippen MR) is 112 cm³/mol. The van der Waals surface area contributed by atoms with Crippen molar-refractivity contribution >= 4 is 5.96 Å². The molecule has 0 aromatic carbocycles. The third kappa shape index (κ3) is 5.15. The van der Waals surface area contributed by atoms with Gasteiger partial charge in [-0.3, -0.25) is 14.8 Å². The van der Waals surface area contributed by atoms with Crippen LogP contribution in [0.3, 0.4) is 0 Å². The Morgan fingerprint density at radius 3 is 2.44 bits per heavy atom. The summed E-state index contributed by atoms with van der Waals surface area (Å²) in [5.41, 5.74) is 0.269. The normalized spacial score (nSPS) is 30.6. The van der Waals surface area contributed by atoms with Crippen molar-refractivity contribution in [3.05, 3.63) is 0 Å². The third-order valence-corrected chi connectivity index (χ3v) is 6.97. The zero-order valence-electron chi connectivity index (χ0n) is 18.0. The van der Waals surface area contributed by atoms with Gasteiger partial charge in [-0.25, -0.2) is 0 Å². The fourth-order valence-electron chi connectivity index (χ4n) is 5.08. The molecule has 1 aliphatic carbocycles. The Labute approximate surface area is 166 Å². The van der Waals surface area contributed by atoms with Crippen LogP contribution in [-0.4, -0.2) is 86.4 Å². The Morgan fingerprint density at radius 2 is 1.85 bits per heavy atom. The molecule has 3 rings (SSSR count). The summed E-state index contributed by atoms with van der Waals surface area (Å²) in [7, 11) is 1.90. The minimum absolute atomic E-state index is 0.269. The standard InChI is InChI=1S/C21H41N5O/c1-17(2)25-14-18(3)19(15-25)24-20(22-4)23-16-21(8-6-5-7-9-21)26-10-12-27-13-11-26/h17-19H,5-16H2,1-4H3,(H2,22,23,24). The van der Waals surface area contributed by atoms with Crippen molar-refractivity contribution in [2.24, 2.45) is 10.9 Å². The number of hydrogen-bond acceptors (Lipinski definition) is 4. The number of rotatable bonds is 5. The van der Waals surface area contributed by atoms with Crippen LogP contribution in [0.15, 0.2) is 4.99 Å². The van der Waals surface area contributed by atoms with Crippen LogP contribution in [0.4, 0.5) is 0 Å².